The maximum atomic E-state index is 13.7. The second-order valence-electron chi connectivity index (χ2n) is 10.2. The van der Waals surface area contributed by atoms with Crippen LogP contribution in [0, 0.1) is 9.20 Å². The highest BCUT2D eigenvalue weighted by Crippen LogP contribution is 2.49. The summed E-state index contributed by atoms with van der Waals surface area (Å²) in [5.41, 5.74) is -0.494. The van der Waals surface area contributed by atoms with Gasteiger partial charge in [0.25, 0.3) is 17.0 Å². The van der Waals surface area contributed by atoms with E-state index in [0.29, 0.717) is 17.9 Å². The Morgan fingerprint density at radius 1 is 0.792 bits per heavy atom. The molecule has 2 aromatic heterocycles. The van der Waals surface area contributed by atoms with Crippen LogP contribution >= 0.6 is 58.4 Å². The van der Waals surface area contributed by atoms with Gasteiger partial charge in [-0.3, -0.25) is 42.8 Å². The highest BCUT2D eigenvalue weighted by Gasteiger charge is 2.35. The van der Waals surface area contributed by atoms with E-state index in [0.717, 1.165) is 63.5 Å². The first-order valence-corrected chi connectivity index (χ1v) is 17.6. The van der Waals surface area contributed by atoms with Crippen molar-refractivity contribution >= 4 is 114 Å². The van der Waals surface area contributed by atoms with Crippen LogP contribution in [0.1, 0.15) is 6.92 Å². The zero-order valence-electron chi connectivity index (χ0n) is 24.6. The molecule has 1 fully saturated rings. The van der Waals surface area contributed by atoms with E-state index >= 15 is 0 Å². The summed E-state index contributed by atoms with van der Waals surface area (Å²) in [7, 11) is 0. The molecule has 13 nitrogen and oxygen atoms in total. The fourth-order valence-corrected chi connectivity index (χ4v) is 10.1. The minimum absolute atomic E-state index is 0.0332. The van der Waals surface area contributed by atoms with Crippen LogP contribution in [0.4, 0.5) is 5.69 Å². The number of aliphatic carboxylic acids is 3. The van der Waals surface area contributed by atoms with Crippen LogP contribution in [-0.4, -0.2) is 70.6 Å². The number of benzene rings is 2. The maximum absolute atomic E-state index is 13.7. The van der Waals surface area contributed by atoms with E-state index in [1.807, 2.05) is 43.3 Å². The highest BCUT2D eigenvalue weighted by molar-refractivity contribution is 8.30. The predicted octanol–water partition coefficient (Wildman–Crippen LogP) is 2.05. The van der Waals surface area contributed by atoms with Crippen molar-refractivity contribution in [2.24, 2.45) is 0 Å². The number of hydrogen-bond donors (Lipinski definition) is 3. The van der Waals surface area contributed by atoms with Crippen LogP contribution in [0.15, 0.2) is 62.0 Å². The van der Waals surface area contributed by atoms with Gasteiger partial charge in [-0.2, -0.15) is 0 Å². The number of fused-ring (bicyclic) bond motifs is 3. The Kier molecular flexibility index (Phi) is 9.18. The summed E-state index contributed by atoms with van der Waals surface area (Å²) in [6.07, 6.45) is 3.32. The Labute approximate surface area is 290 Å². The monoisotopic (exact) mass is 742 g/mol. The summed E-state index contributed by atoms with van der Waals surface area (Å²) in [5, 5.41) is 31.4. The van der Waals surface area contributed by atoms with E-state index in [4.69, 9.17) is 12.2 Å². The summed E-state index contributed by atoms with van der Waals surface area (Å²) < 4.78 is 1.49. The van der Waals surface area contributed by atoms with Crippen LogP contribution in [0.5, 0.6) is 0 Å². The Hall–Kier alpha value is -4.49. The van der Waals surface area contributed by atoms with Gasteiger partial charge >= 0.3 is 17.9 Å². The molecule has 1 amide bonds. The van der Waals surface area contributed by atoms with Gasteiger partial charge < -0.3 is 20.2 Å². The molecule has 0 bridgehead atoms. The topological polar surface area (TPSA) is 179 Å². The van der Waals surface area contributed by atoms with Gasteiger partial charge in [-0.05, 0) is 30.5 Å². The Bertz CT molecular complexity index is 2480. The molecule has 0 atom stereocenters. The zero-order chi connectivity index (χ0) is 34.4. The van der Waals surface area contributed by atoms with Crippen molar-refractivity contribution < 1.29 is 34.5 Å². The summed E-state index contributed by atoms with van der Waals surface area (Å²) in [6.45, 7) is 0.268. The van der Waals surface area contributed by atoms with Crippen LogP contribution < -0.4 is 25.2 Å². The smallest absolute Gasteiger partial charge is 0.323 e. The van der Waals surface area contributed by atoms with Crippen LogP contribution in [0.3, 0.4) is 0 Å². The Morgan fingerprint density at radius 3 is 2.12 bits per heavy atom. The molecule has 2 aromatic carbocycles. The molecular weight excluding hydrogens is 721 g/mol. The molecule has 48 heavy (non-hydrogen) atoms. The van der Waals surface area contributed by atoms with Crippen molar-refractivity contribution in [2.45, 2.75) is 24.9 Å². The van der Waals surface area contributed by atoms with E-state index in [2.05, 4.69) is 4.90 Å². The highest BCUT2D eigenvalue weighted by atomic mass is 32.2. The third-order valence-electron chi connectivity index (χ3n) is 7.22. The molecule has 0 saturated carbocycles. The molecule has 2 aliphatic heterocycles. The van der Waals surface area contributed by atoms with E-state index in [1.54, 1.807) is 12.2 Å². The molecule has 0 unspecified atom stereocenters. The fraction of sp³-hybridized carbons (Fsp3) is 0.167. The number of thiazole rings is 2. The first-order chi connectivity index (χ1) is 22.9. The molecule has 2 aliphatic rings. The number of amides is 1. The lowest BCUT2D eigenvalue weighted by Crippen LogP contribution is -2.35. The standard InChI is InChI=1S/C30H22N4O9S5/c1-2-31-18(45-16-8-7-14-5-3-4-6-15(14)22(16)31)10-9-17-25(41)32(11-19(35)36)28(46-17)23-26(42)33(12-20(37)38)29(47-23)24-27(43)34(13-21(39)40)30(44)48-24/h3-10H,2,11-13H2,1H3,(H,35,36)(H,37,38)(H,39,40)/b17-9?,18-10?,28-23+,29-24+. The van der Waals surface area contributed by atoms with Crippen molar-refractivity contribution in [2.75, 3.05) is 18.0 Å². The van der Waals surface area contributed by atoms with Gasteiger partial charge in [0.15, 0.2) is 0 Å². The van der Waals surface area contributed by atoms with Gasteiger partial charge in [0.1, 0.15) is 42.7 Å². The van der Waals surface area contributed by atoms with Crippen molar-refractivity contribution in [3.63, 3.8) is 0 Å². The van der Waals surface area contributed by atoms with Crippen LogP contribution in [0.25, 0.3) is 21.8 Å². The maximum Gasteiger partial charge on any atom is 0.323 e. The number of carbonyl (C=O) groups excluding carboxylic acids is 1. The fourth-order valence-electron chi connectivity index (χ4n) is 5.23. The number of thioether (sulfide) groups is 2. The van der Waals surface area contributed by atoms with Crippen LogP contribution in [-0.2, 0) is 32.3 Å². The molecule has 0 radical (unpaired) electrons. The molecule has 6 rings (SSSR count). The number of anilines is 1. The van der Waals surface area contributed by atoms with Gasteiger partial charge in [0.05, 0.1) is 15.2 Å². The molecule has 18 heteroatoms. The van der Waals surface area contributed by atoms with Gasteiger partial charge in [-0.1, -0.05) is 66.1 Å². The lowest BCUT2D eigenvalue weighted by atomic mass is 10.1. The van der Waals surface area contributed by atoms with Crippen LogP contribution in [0.2, 0.25) is 0 Å². The molecule has 0 spiro atoms. The first-order valence-electron chi connectivity index (χ1n) is 14.0. The molecule has 4 heterocycles. The first kappa shape index (κ1) is 33.4. The molecule has 0 aliphatic carbocycles. The van der Waals surface area contributed by atoms with Crippen molar-refractivity contribution in [1.82, 2.24) is 14.0 Å². The lowest BCUT2D eigenvalue weighted by Gasteiger charge is -2.19. The summed E-state index contributed by atoms with van der Waals surface area (Å²) in [4.78, 5) is 79.2. The largest absolute Gasteiger partial charge is 0.480 e. The number of carboxylic acid groups (broad SMARTS) is 3. The minimum atomic E-state index is -1.40. The Morgan fingerprint density at radius 2 is 1.46 bits per heavy atom. The summed E-state index contributed by atoms with van der Waals surface area (Å²) in [5.74, 6) is -4.90. The average Bonchev–Trinajstić information content (AvgIpc) is 3.73. The third-order valence-corrected chi connectivity index (χ3v) is 12.4. The number of aromatic nitrogens is 2. The number of carbonyl (C=O) groups is 4. The van der Waals surface area contributed by atoms with Gasteiger partial charge in [-0.25, -0.2) is 0 Å². The van der Waals surface area contributed by atoms with Crippen molar-refractivity contribution in [1.29, 1.82) is 0 Å². The summed E-state index contributed by atoms with van der Waals surface area (Å²) in [6, 6.07) is 12.1. The SMILES string of the molecule is CCN1C(=CC=c2s/c(=c3/s/c(=C4/SC(=S)N(CC(=O)O)C4=O)n(CC(=O)O)c3=O)n(CC(=O)O)c2=O)Sc2ccc3ccccc3c21. The molecule has 1 saturated heterocycles. The average molecular weight is 743 g/mol. The number of nitrogens with zero attached hydrogens (tertiary/aromatic N) is 4. The van der Waals surface area contributed by atoms with E-state index in [1.165, 1.54) is 11.8 Å². The molecular formula is C30H22N4O9S5. The third kappa shape index (κ3) is 6.00. The normalized spacial score (nSPS) is 17.6. The van der Waals surface area contributed by atoms with Gasteiger partial charge in [0.2, 0.25) is 0 Å². The molecule has 246 valence electrons. The molecule has 3 N–H and O–H groups in total. The second-order valence-corrected chi connectivity index (χ2v) is 14.9. The second kappa shape index (κ2) is 13.2. The Balaban J connectivity index is 1.58. The molecule has 4 aromatic rings. The zero-order valence-corrected chi connectivity index (χ0v) is 28.7. The van der Waals surface area contributed by atoms with E-state index in [9.17, 15) is 44.1 Å². The van der Waals surface area contributed by atoms with E-state index in [-0.39, 0.29) is 27.6 Å². The van der Waals surface area contributed by atoms with Crippen molar-refractivity contribution in [3.8, 4) is 0 Å². The number of hydrogen-bond acceptors (Lipinski definition) is 12. The predicted molar refractivity (Wildman–Crippen MR) is 188 cm³/mol. The van der Waals surface area contributed by atoms with Gasteiger partial charge in [-0.15, -0.1) is 22.7 Å². The lowest BCUT2D eigenvalue weighted by molar-refractivity contribution is -0.140. The summed E-state index contributed by atoms with van der Waals surface area (Å²) >= 11 is 8.96. The number of allylic oxidation sites excluding steroid dienone is 1. The quantitative estimate of drug-likeness (QED) is 0.224. The number of carboxylic acids is 3. The van der Waals surface area contributed by atoms with Crippen molar-refractivity contribution in [3.05, 3.63) is 86.6 Å². The number of thiocarbonyl (C=S) groups is 1. The number of rotatable bonds is 8. The minimum Gasteiger partial charge on any atom is -0.480 e. The van der Waals surface area contributed by atoms with E-state index < -0.39 is 54.6 Å². The van der Waals surface area contributed by atoms with Gasteiger partial charge in [0, 0.05) is 16.8 Å².